The second-order valence-corrected chi connectivity index (χ2v) is 7.16. The lowest BCUT2D eigenvalue weighted by Crippen LogP contribution is -2.38. The van der Waals surface area contributed by atoms with Gasteiger partial charge < -0.3 is 14.7 Å². The summed E-state index contributed by atoms with van der Waals surface area (Å²) in [6.45, 7) is -0.408. The Kier molecular flexibility index (Phi) is 5.48. The molecular formula is C21H17F4N3O3. The predicted molar refractivity (Wildman–Crippen MR) is 102 cm³/mol. The number of likely N-dealkylation sites (tertiary alicyclic amines) is 1. The first-order valence-corrected chi connectivity index (χ1v) is 9.42. The lowest BCUT2D eigenvalue weighted by molar-refractivity contribution is -0.137. The number of ether oxygens (including phenoxy) is 1. The highest BCUT2D eigenvalue weighted by Crippen LogP contribution is 2.31. The molecule has 1 N–H and O–H groups in total. The van der Waals surface area contributed by atoms with Crippen LogP contribution < -0.4 is 4.74 Å². The van der Waals surface area contributed by atoms with Crippen molar-refractivity contribution in [2.75, 3.05) is 13.2 Å². The number of fused-ring (bicyclic) bond motifs is 1. The van der Waals surface area contributed by atoms with Gasteiger partial charge in [0.2, 0.25) is 5.88 Å². The highest BCUT2D eigenvalue weighted by molar-refractivity contribution is 5.95. The fraction of sp³-hybridized carbons (Fsp3) is 0.286. The Hall–Kier alpha value is -3.27. The number of carbonyl (C=O) groups is 1. The molecule has 1 fully saturated rings. The van der Waals surface area contributed by atoms with Gasteiger partial charge in [-0.2, -0.15) is 13.2 Å². The molecule has 1 aromatic carbocycles. The minimum absolute atomic E-state index is 0.00281. The fourth-order valence-electron chi connectivity index (χ4n) is 3.44. The lowest BCUT2D eigenvalue weighted by atomic mass is 10.1. The molecule has 0 saturated carbocycles. The van der Waals surface area contributed by atoms with Crippen molar-refractivity contribution in [3.63, 3.8) is 0 Å². The fourth-order valence-corrected chi connectivity index (χ4v) is 3.44. The average molecular weight is 435 g/mol. The van der Waals surface area contributed by atoms with Gasteiger partial charge in [0.1, 0.15) is 17.6 Å². The first kappa shape index (κ1) is 21.0. The van der Waals surface area contributed by atoms with E-state index in [9.17, 15) is 27.5 Å². The molecular weight excluding hydrogens is 418 g/mol. The molecule has 1 aliphatic rings. The summed E-state index contributed by atoms with van der Waals surface area (Å²) in [5, 5.41) is 10.0. The molecule has 2 aromatic heterocycles. The Bertz CT molecular complexity index is 1110. The van der Waals surface area contributed by atoms with Crippen molar-refractivity contribution in [3.05, 3.63) is 59.9 Å². The van der Waals surface area contributed by atoms with Gasteiger partial charge in [0, 0.05) is 24.1 Å². The third kappa shape index (κ3) is 4.43. The molecule has 0 radical (unpaired) electrons. The number of pyridine rings is 2. The van der Waals surface area contributed by atoms with Gasteiger partial charge >= 0.3 is 6.18 Å². The molecule has 10 heteroatoms. The number of aliphatic hydroxyl groups excluding tert-OH is 1. The van der Waals surface area contributed by atoms with Crippen LogP contribution in [0, 0.1) is 0 Å². The smallest absolute Gasteiger partial charge is 0.417 e. The monoisotopic (exact) mass is 435 g/mol. The van der Waals surface area contributed by atoms with Crippen molar-refractivity contribution < 1.29 is 32.2 Å². The van der Waals surface area contributed by atoms with E-state index in [-0.39, 0.29) is 31.1 Å². The van der Waals surface area contributed by atoms with E-state index in [2.05, 4.69) is 9.97 Å². The first-order chi connectivity index (χ1) is 14.7. The highest BCUT2D eigenvalue weighted by Gasteiger charge is 2.35. The van der Waals surface area contributed by atoms with Crippen molar-refractivity contribution in [2.45, 2.75) is 24.8 Å². The van der Waals surface area contributed by atoms with Gasteiger partial charge in [-0.25, -0.2) is 14.4 Å². The normalized spacial score (nSPS) is 19.1. The molecule has 3 aromatic rings. The average Bonchev–Trinajstić information content (AvgIpc) is 3.13. The van der Waals surface area contributed by atoms with E-state index in [1.807, 2.05) is 0 Å². The second-order valence-electron chi connectivity index (χ2n) is 7.16. The quantitative estimate of drug-likeness (QED) is 0.628. The third-order valence-electron chi connectivity index (χ3n) is 5.00. The summed E-state index contributed by atoms with van der Waals surface area (Å²) in [5.41, 5.74) is -0.270. The number of aliphatic hydroxyl groups is 1. The summed E-state index contributed by atoms with van der Waals surface area (Å²) in [6.07, 6.45) is -4.88. The van der Waals surface area contributed by atoms with Crippen LogP contribution in [0.4, 0.5) is 17.6 Å². The van der Waals surface area contributed by atoms with Gasteiger partial charge in [-0.1, -0.05) is 6.07 Å². The third-order valence-corrected chi connectivity index (χ3v) is 5.00. The van der Waals surface area contributed by atoms with E-state index in [4.69, 9.17) is 4.74 Å². The summed E-state index contributed by atoms with van der Waals surface area (Å²) in [4.78, 5) is 21.9. The summed E-state index contributed by atoms with van der Waals surface area (Å²) in [5.74, 6) is -0.131. The van der Waals surface area contributed by atoms with Crippen LogP contribution in [-0.4, -0.2) is 51.2 Å². The van der Waals surface area contributed by atoms with Gasteiger partial charge in [0.05, 0.1) is 30.3 Å². The number of aromatic nitrogens is 2. The lowest BCUT2D eigenvalue weighted by Gasteiger charge is -2.22. The van der Waals surface area contributed by atoms with E-state index in [1.54, 1.807) is 24.3 Å². The molecule has 0 spiro atoms. The van der Waals surface area contributed by atoms with Crippen molar-refractivity contribution >= 4 is 16.8 Å². The van der Waals surface area contributed by atoms with E-state index in [0.29, 0.717) is 22.8 Å². The Labute approximate surface area is 174 Å². The number of rotatable bonds is 4. The zero-order valence-electron chi connectivity index (χ0n) is 16.0. The number of hydrogen-bond donors (Lipinski definition) is 1. The Morgan fingerprint density at radius 1 is 1.19 bits per heavy atom. The largest absolute Gasteiger partial charge is 0.439 e. The Balaban J connectivity index is 1.52. The minimum atomic E-state index is -4.48. The molecule has 162 valence electrons. The summed E-state index contributed by atoms with van der Waals surface area (Å²) < 4.78 is 57.0. The van der Waals surface area contributed by atoms with Crippen LogP contribution in [0.2, 0.25) is 0 Å². The van der Waals surface area contributed by atoms with E-state index >= 15 is 0 Å². The number of hydrogen-bond acceptors (Lipinski definition) is 5. The van der Waals surface area contributed by atoms with Gasteiger partial charge in [-0.3, -0.25) is 4.79 Å². The van der Waals surface area contributed by atoms with Crippen LogP contribution in [0.1, 0.15) is 22.5 Å². The molecule has 6 nitrogen and oxygen atoms in total. The van der Waals surface area contributed by atoms with Gasteiger partial charge in [-0.05, 0) is 30.3 Å². The molecule has 31 heavy (non-hydrogen) atoms. The maximum Gasteiger partial charge on any atom is 0.417 e. The maximum absolute atomic E-state index is 13.6. The molecule has 1 saturated heterocycles. The van der Waals surface area contributed by atoms with Crippen molar-refractivity contribution in [3.8, 4) is 11.6 Å². The molecule has 4 rings (SSSR count). The number of halogens is 4. The molecule has 1 amide bonds. The van der Waals surface area contributed by atoms with Crippen LogP contribution in [0.3, 0.4) is 0 Å². The zero-order valence-corrected chi connectivity index (χ0v) is 16.0. The van der Waals surface area contributed by atoms with Crippen molar-refractivity contribution in [1.82, 2.24) is 14.9 Å². The highest BCUT2D eigenvalue weighted by atomic mass is 19.4. The Morgan fingerprint density at radius 3 is 2.68 bits per heavy atom. The van der Waals surface area contributed by atoms with Crippen molar-refractivity contribution in [1.29, 1.82) is 0 Å². The van der Waals surface area contributed by atoms with Gasteiger partial charge in [0.25, 0.3) is 5.91 Å². The number of carbonyl (C=O) groups excluding carboxylic acids is 1. The number of nitrogens with zero attached hydrogens (tertiary/aromatic N) is 3. The van der Waals surface area contributed by atoms with Crippen LogP contribution in [0.25, 0.3) is 10.9 Å². The van der Waals surface area contributed by atoms with E-state index in [1.165, 1.54) is 11.0 Å². The molecule has 1 aliphatic heterocycles. The van der Waals surface area contributed by atoms with Crippen LogP contribution in [-0.2, 0) is 6.18 Å². The molecule has 0 aliphatic carbocycles. The minimum Gasteiger partial charge on any atom is -0.439 e. The number of benzene rings is 1. The van der Waals surface area contributed by atoms with Crippen LogP contribution >= 0.6 is 0 Å². The molecule has 0 bridgehead atoms. The second kappa shape index (κ2) is 8.10. The zero-order chi connectivity index (χ0) is 22.2. The Morgan fingerprint density at radius 2 is 2.00 bits per heavy atom. The van der Waals surface area contributed by atoms with E-state index in [0.717, 1.165) is 12.1 Å². The van der Waals surface area contributed by atoms with E-state index < -0.39 is 29.9 Å². The predicted octanol–water partition coefficient (Wildman–Crippen LogP) is 3.99. The van der Waals surface area contributed by atoms with Crippen LogP contribution in [0.15, 0.2) is 48.7 Å². The topological polar surface area (TPSA) is 75.5 Å². The SMILES string of the molecule is O=C(c1ccc2cc(Oc3ccc(C(F)(F)F)cn3)ccc2n1)N1C[C@@H](F)C[C@@H]1CO. The maximum atomic E-state index is 13.6. The van der Waals surface area contributed by atoms with Gasteiger partial charge in [0.15, 0.2) is 0 Å². The number of amides is 1. The van der Waals surface area contributed by atoms with Gasteiger partial charge in [-0.15, -0.1) is 0 Å². The van der Waals surface area contributed by atoms with Crippen molar-refractivity contribution in [2.24, 2.45) is 0 Å². The number of alkyl halides is 4. The molecule has 2 atom stereocenters. The summed E-state index contributed by atoms with van der Waals surface area (Å²) >= 11 is 0. The molecule has 0 unspecified atom stereocenters. The first-order valence-electron chi connectivity index (χ1n) is 9.42. The summed E-state index contributed by atoms with van der Waals surface area (Å²) in [7, 11) is 0. The van der Waals surface area contributed by atoms with Crippen LogP contribution in [0.5, 0.6) is 11.6 Å². The summed E-state index contributed by atoms with van der Waals surface area (Å²) in [6, 6.07) is 9.31. The standard InChI is InChI=1S/C21H17F4N3O3/c22-14-8-15(11-29)28(10-14)20(30)18-4-1-12-7-16(3-5-17(12)27-18)31-19-6-2-13(9-26-19)21(23,24)25/h1-7,9,14-15,29H,8,10-11H2/t14-,15+/m0/s1. The molecule has 3 heterocycles.